The van der Waals surface area contributed by atoms with E-state index < -0.39 is 0 Å². The van der Waals surface area contributed by atoms with Gasteiger partial charge in [-0.1, -0.05) is 54.3 Å². The molecule has 0 unspecified atom stereocenters. The quantitative estimate of drug-likeness (QED) is 0.750. The van der Waals surface area contributed by atoms with E-state index in [-0.39, 0.29) is 17.0 Å². The van der Waals surface area contributed by atoms with Crippen molar-refractivity contribution >= 4 is 35.4 Å². The maximum Gasteiger partial charge on any atom is 0.0619 e. The molecule has 0 heterocycles. The lowest BCUT2D eigenvalue weighted by Crippen LogP contribution is -2.56. The van der Waals surface area contributed by atoms with E-state index in [2.05, 4.69) is 69.5 Å². The molecule has 0 aromatic heterocycles. The van der Waals surface area contributed by atoms with Gasteiger partial charge in [0.05, 0.1) is 11.0 Å². The van der Waals surface area contributed by atoms with Crippen molar-refractivity contribution in [3.05, 3.63) is 35.4 Å². The number of hydrogen-bond acceptors (Lipinski definition) is 2. The third kappa shape index (κ3) is 4.00. The van der Waals surface area contributed by atoms with Crippen molar-refractivity contribution in [1.82, 2.24) is 10.6 Å². The van der Waals surface area contributed by atoms with Crippen LogP contribution >= 0.6 is 24.4 Å². The number of benzene rings is 1. The summed E-state index contributed by atoms with van der Waals surface area (Å²) in [6, 6.07) is 8.64. The van der Waals surface area contributed by atoms with Gasteiger partial charge in [0.15, 0.2) is 0 Å². The zero-order chi connectivity index (χ0) is 15.4. The zero-order valence-electron chi connectivity index (χ0n) is 12.9. The Labute approximate surface area is 133 Å². The zero-order valence-corrected chi connectivity index (χ0v) is 14.5. The molecule has 0 aliphatic heterocycles. The monoisotopic (exact) mass is 308 g/mol. The Hall–Kier alpha value is -1.00. The molecule has 0 spiro atoms. The fourth-order valence-corrected chi connectivity index (χ4v) is 3.57. The maximum atomic E-state index is 4.99. The second kappa shape index (κ2) is 6.64. The molecule has 0 fully saturated rings. The van der Waals surface area contributed by atoms with Crippen LogP contribution in [0.3, 0.4) is 0 Å². The smallest absolute Gasteiger partial charge is 0.0619 e. The third-order valence-corrected chi connectivity index (χ3v) is 3.95. The summed E-state index contributed by atoms with van der Waals surface area (Å²) in [7, 11) is 0. The van der Waals surface area contributed by atoms with Crippen molar-refractivity contribution < 1.29 is 0 Å². The molecule has 4 heteroatoms. The van der Waals surface area contributed by atoms with Crippen molar-refractivity contribution in [3.63, 3.8) is 0 Å². The molecule has 0 aliphatic rings. The lowest BCUT2D eigenvalue weighted by Gasteiger charge is -2.45. The second-order valence-electron chi connectivity index (χ2n) is 6.31. The van der Waals surface area contributed by atoms with E-state index in [0.717, 1.165) is 0 Å². The summed E-state index contributed by atoms with van der Waals surface area (Å²) in [5.41, 5.74) is 5.33. The van der Waals surface area contributed by atoms with Gasteiger partial charge in [-0.05, 0) is 40.2 Å². The van der Waals surface area contributed by atoms with Crippen LogP contribution in [0.2, 0.25) is 0 Å². The van der Waals surface area contributed by atoms with Crippen LogP contribution in [0.5, 0.6) is 0 Å². The largest absolute Gasteiger partial charge is 0.377 e. The van der Waals surface area contributed by atoms with Crippen molar-refractivity contribution in [3.8, 4) is 0 Å². The molecule has 1 aromatic rings. The van der Waals surface area contributed by atoms with Crippen LogP contribution in [0.4, 0.5) is 0 Å². The predicted molar refractivity (Wildman–Crippen MR) is 95.7 cm³/mol. The van der Waals surface area contributed by atoms with Crippen LogP contribution in [0.25, 0.3) is 0 Å². The number of thiocarbonyl (C=S) groups is 2. The predicted octanol–water partition coefficient (Wildman–Crippen LogP) is 3.73. The Morgan fingerprint density at radius 3 is 1.65 bits per heavy atom. The first kappa shape index (κ1) is 17.1. The highest BCUT2D eigenvalue weighted by molar-refractivity contribution is 7.79. The summed E-state index contributed by atoms with van der Waals surface area (Å²) in [6.07, 6.45) is 0. The molecular weight excluding hydrogens is 284 g/mol. The highest BCUT2D eigenvalue weighted by atomic mass is 32.1. The average molecular weight is 309 g/mol. The Bertz CT molecular complexity index is 442. The molecule has 0 bridgehead atoms. The van der Waals surface area contributed by atoms with Gasteiger partial charge in [-0.15, -0.1) is 0 Å². The van der Waals surface area contributed by atoms with Crippen LogP contribution in [0.15, 0.2) is 24.3 Å². The van der Waals surface area contributed by atoms with E-state index in [4.69, 9.17) is 24.4 Å². The van der Waals surface area contributed by atoms with Gasteiger partial charge >= 0.3 is 0 Å². The highest BCUT2D eigenvalue weighted by Gasteiger charge is 2.41. The molecule has 20 heavy (non-hydrogen) atoms. The van der Waals surface area contributed by atoms with Crippen molar-refractivity contribution in [2.75, 3.05) is 0 Å². The number of aryl methyl sites for hydroxylation is 1. The van der Waals surface area contributed by atoms with Crippen molar-refractivity contribution in [2.24, 2.45) is 0 Å². The Morgan fingerprint density at radius 2 is 1.30 bits per heavy atom. The summed E-state index contributed by atoms with van der Waals surface area (Å²) in [5.74, 6) is 0.203. The Kier molecular flexibility index (Phi) is 5.66. The van der Waals surface area contributed by atoms with Crippen LogP contribution in [-0.4, -0.2) is 22.1 Å². The lowest BCUT2D eigenvalue weighted by atomic mass is 9.70. The second-order valence-corrected chi connectivity index (χ2v) is 6.78. The summed E-state index contributed by atoms with van der Waals surface area (Å²) in [6.45, 7) is 10.7. The molecule has 0 radical (unpaired) electrons. The van der Waals surface area contributed by atoms with Gasteiger partial charge < -0.3 is 10.6 Å². The Balaban J connectivity index is 3.30. The van der Waals surface area contributed by atoms with E-state index in [1.807, 2.05) is 0 Å². The van der Waals surface area contributed by atoms with Crippen LogP contribution < -0.4 is 10.6 Å². The van der Waals surface area contributed by atoms with E-state index in [1.165, 1.54) is 11.1 Å². The Morgan fingerprint density at radius 1 is 0.900 bits per heavy atom. The molecule has 0 saturated carbocycles. The minimum absolute atomic E-state index is 0.189. The van der Waals surface area contributed by atoms with Gasteiger partial charge in [0, 0.05) is 17.0 Å². The fraction of sp³-hybridized carbons (Fsp3) is 0.500. The standard InChI is InChI=1S/C16H24N2S2/c1-12-6-8-13(9-7-12)14(15(2,3)17-10-19)16(4,5)18-11-20/h6-11,14H,1-5H3,(H,17,19)(H,18,20). The van der Waals surface area contributed by atoms with E-state index >= 15 is 0 Å². The molecular formula is C16H24N2S2. The van der Waals surface area contributed by atoms with Crippen LogP contribution in [0, 0.1) is 6.92 Å². The molecule has 2 N–H and O–H groups in total. The molecule has 1 rings (SSSR count). The summed E-state index contributed by atoms with van der Waals surface area (Å²) >= 11 is 9.99. The molecule has 1 aromatic carbocycles. The van der Waals surface area contributed by atoms with Gasteiger partial charge in [-0.3, -0.25) is 0 Å². The SMILES string of the molecule is Cc1ccc(C(C(C)(C)NC=S)C(C)(C)NC=S)cc1. The van der Waals surface area contributed by atoms with E-state index in [0.29, 0.717) is 0 Å². The van der Waals surface area contributed by atoms with Gasteiger partial charge in [-0.2, -0.15) is 0 Å². The first-order chi connectivity index (χ1) is 9.24. The average Bonchev–Trinajstić information content (AvgIpc) is 2.31. The molecule has 2 nitrogen and oxygen atoms in total. The van der Waals surface area contributed by atoms with Gasteiger partial charge in [-0.25, -0.2) is 0 Å². The van der Waals surface area contributed by atoms with Crippen LogP contribution in [-0.2, 0) is 0 Å². The topological polar surface area (TPSA) is 24.1 Å². The lowest BCUT2D eigenvalue weighted by molar-refractivity contribution is 0.250. The molecule has 0 saturated heterocycles. The minimum Gasteiger partial charge on any atom is -0.377 e. The highest BCUT2D eigenvalue weighted by Crippen LogP contribution is 2.37. The molecule has 0 aliphatic carbocycles. The summed E-state index contributed by atoms with van der Waals surface area (Å²) in [4.78, 5) is 0. The van der Waals surface area contributed by atoms with E-state index in [1.54, 1.807) is 11.0 Å². The maximum absolute atomic E-state index is 4.99. The minimum atomic E-state index is -0.189. The van der Waals surface area contributed by atoms with E-state index in [9.17, 15) is 0 Å². The number of rotatable bonds is 7. The van der Waals surface area contributed by atoms with Gasteiger partial charge in [0.2, 0.25) is 0 Å². The first-order valence-electron chi connectivity index (χ1n) is 6.74. The van der Waals surface area contributed by atoms with Crippen molar-refractivity contribution in [2.45, 2.75) is 51.6 Å². The number of hydrogen-bond donors (Lipinski definition) is 2. The summed E-state index contributed by atoms with van der Waals surface area (Å²) in [5, 5.41) is 6.60. The normalized spacial score (nSPS) is 12.1. The molecule has 0 amide bonds. The first-order valence-corrected chi connectivity index (χ1v) is 7.68. The molecule has 110 valence electrons. The van der Waals surface area contributed by atoms with Gasteiger partial charge in [0.1, 0.15) is 0 Å². The van der Waals surface area contributed by atoms with Crippen LogP contribution in [0.1, 0.15) is 44.7 Å². The summed E-state index contributed by atoms with van der Waals surface area (Å²) < 4.78 is 0. The molecule has 0 atom stereocenters. The number of nitrogens with one attached hydrogen (secondary N) is 2. The fourth-order valence-electron chi connectivity index (χ4n) is 2.96. The van der Waals surface area contributed by atoms with Gasteiger partial charge in [0.25, 0.3) is 0 Å². The van der Waals surface area contributed by atoms with Crippen molar-refractivity contribution in [1.29, 1.82) is 0 Å². The third-order valence-electron chi connectivity index (χ3n) is 3.72.